The third-order valence-electron chi connectivity index (χ3n) is 2.80. The van der Waals surface area contributed by atoms with Crippen LogP contribution in [-0.2, 0) is 12.8 Å². The first kappa shape index (κ1) is 12.6. The first-order valence-electron chi connectivity index (χ1n) is 5.94. The van der Waals surface area contributed by atoms with Crippen LogP contribution in [0.5, 0.6) is 0 Å². The van der Waals surface area contributed by atoms with E-state index < -0.39 is 0 Å². The highest BCUT2D eigenvalue weighted by Gasteiger charge is 2.02. The van der Waals surface area contributed by atoms with Crippen LogP contribution < -0.4 is 11.1 Å². The fourth-order valence-electron chi connectivity index (χ4n) is 1.92. The molecule has 0 radical (unpaired) electrons. The van der Waals surface area contributed by atoms with E-state index in [0.717, 1.165) is 18.5 Å². The highest BCUT2D eigenvalue weighted by atomic mass is 32.1. The lowest BCUT2D eigenvalue weighted by atomic mass is 10.0. The zero-order valence-electron chi connectivity index (χ0n) is 10.1. The van der Waals surface area contributed by atoms with Crippen LogP contribution in [0, 0.1) is 0 Å². The Morgan fingerprint density at radius 3 is 2.33 bits per heavy atom. The van der Waals surface area contributed by atoms with Crippen LogP contribution in [0.3, 0.4) is 0 Å². The second kappa shape index (κ2) is 6.17. The summed E-state index contributed by atoms with van der Waals surface area (Å²) >= 11 is 4.88. The predicted octanol–water partition coefficient (Wildman–Crippen LogP) is 3.13. The molecule has 0 aliphatic rings. The van der Waals surface area contributed by atoms with Crippen LogP contribution in [0.1, 0.15) is 11.1 Å². The summed E-state index contributed by atoms with van der Waals surface area (Å²) in [6.07, 6.45) is 1.98. The van der Waals surface area contributed by atoms with Gasteiger partial charge in [0.1, 0.15) is 0 Å². The van der Waals surface area contributed by atoms with E-state index >= 15 is 0 Å². The lowest BCUT2D eigenvalue weighted by Gasteiger charge is -2.10. The van der Waals surface area contributed by atoms with Crippen LogP contribution in [-0.4, -0.2) is 5.11 Å². The van der Waals surface area contributed by atoms with Gasteiger partial charge in [-0.15, -0.1) is 0 Å². The molecule has 0 amide bonds. The number of rotatable bonds is 4. The summed E-state index contributed by atoms with van der Waals surface area (Å²) in [7, 11) is 0. The van der Waals surface area contributed by atoms with E-state index in [9.17, 15) is 0 Å². The van der Waals surface area contributed by atoms with Crippen LogP contribution in [0.4, 0.5) is 5.69 Å². The van der Waals surface area contributed by atoms with Crippen LogP contribution in [0.15, 0.2) is 54.6 Å². The summed E-state index contributed by atoms with van der Waals surface area (Å²) in [6.45, 7) is 0. The molecule has 92 valence electrons. The van der Waals surface area contributed by atoms with Crippen molar-refractivity contribution in [3.63, 3.8) is 0 Å². The van der Waals surface area contributed by atoms with Gasteiger partial charge in [0.05, 0.1) is 0 Å². The number of nitrogens with two attached hydrogens (primary N) is 1. The fraction of sp³-hybridized carbons (Fsp3) is 0.133. The van der Waals surface area contributed by atoms with Crippen molar-refractivity contribution in [1.82, 2.24) is 0 Å². The maximum Gasteiger partial charge on any atom is 0.168 e. The summed E-state index contributed by atoms with van der Waals surface area (Å²) in [4.78, 5) is 0. The second-order valence-corrected chi connectivity index (χ2v) is 4.57. The molecule has 0 saturated carbocycles. The van der Waals surface area contributed by atoms with E-state index in [4.69, 9.17) is 18.0 Å². The van der Waals surface area contributed by atoms with Crippen molar-refractivity contribution in [3.05, 3.63) is 65.7 Å². The topological polar surface area (TPSA) is 38.0 Å². The standard InChI is InChI=1S/C15H16N2S/c16-15(18)17-14-9-5-4-8-13(14)11-10-12-6-2-1-3-7-12/h1-9H,10-11H2,(H3,16,17,18). The summed E-state index contributed by atoms with van der Waals surface area (Å²) in [5.41, 5.74) is 9.09. The summed E-state index contributed by atoms with van der Waals surface area (Å²) in [5.74, 6) is 0. The van der Waals surface area contributed by atoms with E-state index in [0.29, 0.717) is 5.11 Å². The molecular formula is C15H16N2S. The molecular weight excluding hydrogens is 240 g/mol. The van der Waals surface area contributed by atoms with Crippen molar-refractivity contribution in [1.29, 1.82) is 0 Å². The summed E-state index contributed by atoms with van der Waals surface area (Å²) < 4.78 is 0. The number of nitrogens with one attached hydrogen (secondary N) is 1. The Morgan fingerprint density at radius 2 is 1.61 bits per heavy atom. The number of thiocarbonyl (C=S) groups is 1. The molecule has 2 rings (SSSR count). The van der Waals surface area contributed by atoms with Crippen molar-refractivity contribution >= 4 is 23.0 Å². The molecule has 0 unspecified atom stereocenters. The van der Waals surface area contributed by atoms with E-state index in [2.05, 4.69) is 35.6 Å². The minimum atomic E-state index is 0.308. The lowest BCUT2D eigenvalue weighted by molar-refractivity contribution is 0.962. The minimum absolute atomic E-state index is 0.308. The van der Waals surface area contributed by atoms with Crippen molar-refractivity contribution in [2.45, 2.75) is 12.8 Å². The molecule has 0 atom stereocenters. The second-order valence-electron chi connectivity index (χ2n) is 4.13. The molecule has 0 aromatic heterocycles. The Bertz CT molecular complexity index is 523. The highest BCUT2D eigenvalue weighted by Crippen LogP contribution is 2.17. The largest absolute Gasteiger partial charge is 0.376 e. The Balaban J connectivity index is 2.07. The van der Waals surface area contributed by atoms with Crippen molar-refractivity contribution < 1.29 is 0 Å². The lowest BCUT2D eigenvalue weighted by Crippen LogP contribution is -2.19. The molecule has 0 bridgehead atoms. The van der Waals surface area contributed by atoms with Gasteiger partial charge in [0.2, 0.25) is 0 Å². The molecule has 0 saturated heterocycles. The zero-order valence-corrected chi connectivity index (χ0v) is 10.9. The van der Waals surface area contributed by atoms with Crippen molar-refractivity contribution in [2.75, 3.05) is 5.32 Å². The molecule has 2 aromatic rings. The Kier molecular flexibility index (Phi) is 4.31. The number of benzene rings is 2. The van der Waals surface area contributed by atoms with E-state index in [1.54, 1.807) is 0 Å². The quantitative estimate of drug-likeness (QED) is 0.825. The number of hydrogen-bond acceptors (Lipinski definition) is 1. The Morgan fingerprint density at radius 1 is 0.944 bits per heavy atom. The van der Waals surface area contributed by atoms with E-state index in [1.807, 2.05) is 24.3 Å². The predicted molar refractivity (Wildman–Crippen MR) is 80.7 cm³/mol. The maximum atomic E-state index is 5.52. The molecule has 0 aliphatic heterocycles. The fourth-order valence-corrected chi connectivity index (χ4v) is 2.03. The van der Waals surface area contributed by atoms with Gasteiger partial charge in [0, 0.05) is 5.69 Å². The number of anilines is 1. The monoisotopic (exact) mass is 256 g/mol. The van der Waals surface area contributed by atoms with Gasteiger partial charge in [-0.2, -0.15) is 0 Å². The first-order valence-corrected chi connectivity index (χ1v) is 6.35. The number of para-hydroxylation sites is 1. The van der Waals surface area contributed by atoms with Crippen LogP contribution in [0.2, 0.25) is 0 Å². The third-order valence-corrected chi connectivity index (χ3v) is 2.90. The number of aryl methyl sites for hydroxylation is 2. The highest BCUT2D eigenvalue weighted by molar-refractivity contribution is 7.80. The van der Waals surface area contributed by atoms with E-state index in [-0.39, 0.29) is 0 Å². The Hall–Kier alpha value is -1.87. The SMILES string of the molecule is NC(=S)Nc1ccccc1CCc1ccccc1. The zero-order chi connectivity index (χ0) is 12.8. The van der Waals surface area contributed by atoms with Crippen LogP contribution >= 0.6 is 12.2 Å². The third kappa shape index (κ3) is 3.57. The minimum Gasteiger partial charge on any atom is -0.376 e. The van der Waals surface area contributed by atoms with Gasteiger partial charge >= 0.3 is 0 Å². The van der Waals surface area contributed by atoms with E-state index in [1.165, 1.54) is 11.1 Å². The summed E-state index contributed by atoms with van der Waals surface area (Å²) in [6, 6.07) is 18.6. The molecule has 0 spiro atoms. The smallest absolute Gasteiger partial charge is 0.168 e. The van der Waals surface area contributed by atoms with Gasteiger partial charge < -0.3 is 11.1 Å². The molecule has 3 N–H and O–H groups in total. The average molecular weight is 256 g/mol. The van der Waals surface area contributed by atoms with Crippen LogP contribution in [0.25, 0.3) is 0 Å². The van der Waals surface area contributed by atoms with Gasteiger partial charge in [0.15, 0.2) is 5.11 Å². The molecule has 0 fully saturated rings. The first-order chi connectivity index (χ1) is 8.75. The molecule has 2 aromatic carbocycles. The van der Waals surface area contributed by atoms with Crippen molar-refractivity contribution in [2.24, 2.45) is 5.73 Å². The van der Waals surface area contributed by atoms with Gasteiger partial charge in [-0.25, -0.2) is 0 Å². The van der Waals surface area contributed by atoms with Gasteiger partial charge in [-0.3, -0.25) is 0 Å². The number of hydrogen-bond donors (Lipinski definition) is 2. The average Bonchev–Trinajstić information content (AvgIpc) is 2.38. The molecule has 3 heteroatoms. The van der Waals surface area contributed by atoms with Gasteiger partial charge in [-0.1, -0.05) is 48.5 Å². The molecule has 18 heavy (non-hydrogen) atoms. The maximum absolute atomic E-state index is 5.52. The van der Waals surface area contributed by atoms with Gasteiger partial charge in [0.25, 0.3) is 0 Å². The Labute approximate surface area is 113 Å². The molecule has 0 heterocycles. The molecule has 0 aliphatic carbocycles. The summed E-state index contributed by atoms with van der Waals surface area (Å²) in [5, 5.41) is 3.33. The molecule has 2 nitrogen and oxygen atoms in total. The van der Waals surface area contributed by atoms with Crippen molar-refractivity contribution in [3.8, 4) is 0 Å². The normalized spacial score (nSPS) is 10.0. The van der Waals surface area contributed by atoms with Gasteiger partial charge in [-0.05, 0) is 42.3 Å².